The van der Waals surface area contributed by atoms with E-state index in [1.54, 1.807) is 55.5 Å². The number of nitrogens with zero attached hydrogens (tertiary/aromatic N) is 2. The normalized spacial score (nSPS) is 14.7. The van der Waals surface area contributed by atoms with Crippen molar-refractivity contribution >= 4 is 59.4 Å². The molecule has 3 aromatic carbocycles. The van der Waals surface area contributed by atoms with Crippen molar-refractivity contribution in [2.45, 2.75) is 69.5 Å². The predicted molar refractivity (Wildman–Crippen MR) is 169 cm³/mol. The monoisotopic (exact) mass is 703 g/mol. The van der Waals surface area contributed by atoms with E-state index in [0.29, 0.717) is 5.69 Å². The Morgan fingerprint density at radius 3 is 2.02 bits per heavy atom. The third-order valence-electron chi connectivity index (χ3n) is 7.39. The third kappa shape index (κ3) is 8.20. The lowest BCUT2D eigenvalue weighted by molar-refractivity contribution is -0.139. The second-order valence-corrected chi connectivity index (χ2v) is 14.2. The van der Waals surface area contributed by atoms with Crippen LogP contribution in [-0.4, -0.2) is 43.8 Å². The van der Waals surface area contributed by atoms with Crippen molar-refractivity contribution in [3.8, 4) is 0 Å². The Bertz CT molecular complexity index is 1440. The minimum Gasteiger partial charge on any atom is -0.352 e. The quantitative estimate of drug-likeness (QED) is 0.258. The Morgan fingerprint density at radius 1 is 0.878 bits per heavy atom. The Kier molecular flexibility index (Phi) is 10.7. The van der Waals surface area contributed by atoms with Crippen molar-refractivity contribution in [2.24, 2.45) is 0 Å². The molecule has 218 valence electrons. The fourth-order valence-corrected chi connectivity index (χ4v) is 6.85. The van der Waals surface area contributed by atoms with Crippen LogP contribution < -0.4 is 9.62 Å². The highest BCUT2D eigenvalue weighted by Gasteiger charge is 2.33. The molecule has 1 unspecified atom stereocenters. The van der Waals surface area contributed by atoms with Gasteiger partial charge in [0.1, 0.15) is 12.6 Å². The highest BCUT2D eigenvalue weighted by molar-refractivity contribution is 9.10. The Morgan fingerprint density at radius 2 is 1.44 bits per heavy atom. The van der Waals surface area contributed by atoms with Crippen molar-refractivity contribution in [1.29, 1.82) is 0 Å². The van der Waals surface area contributed by atoms with Crippen LogP contribution in [0, 0.1) is 6.92 Å². The maximum atomic E-state index is 14.1. The van der Waals surface area contributed by atoms with Crippen molar-refractivity contribution in [1.82, 2.24) is 10.2 Å². The zero-order valence-electron chi connectivity index (χ0n) is 23.2. The van der Waals surface area contributed by atoms with Gasteiger partial charge in [0.25, 0.3) is 10.0 Å². The third-order valence-corrected chi connectivity index (χ3v) is 10.2. The molecule has 0 spiro atoms. The summed E-state index contributed by atoms with van der Waals surface area (Å²) in [5, 5.41) is 3.12. The topological polar surface area (TPSA) is 86.8 Å². The second kappa shape index (κ2) is 14.0. The lowest BCUT2D eigenvalue weighted by Crippen LogP contribution is -2.53. The molecule has 0 heterocycles. The molecule has 0 saturated heterocycles. The number of rotatable bonds is 10. The van der Waals surface area contributed by atoms with Crippen molar-refractivity contribution in [2.75, 3.05) is 10.8 Å². The summed E-state index contributed by atoms with van der Waals surface area (Å²) in [7, 11) is -4.10. The van der Waals surface area contributed by atoms with Gasteiger partial charge in [-0.25, -0.2) is 8.42 Å². The van der Waals surface area contributed by atoms with Gasteiger partial charge < -0.3 is 10.2 Å². The van der Waals surface area contributed by atoms with Gasteiger partial charge in [0.05, 0.1) is 10.6 Å². The van der Waals surface area contributed by atoms with E-state index in [-0.39, 0.29) is 23.4 Å². The van der Waals surface area contributed by atoms with Crippen molar-refractivity contribution < 1.29 is 18.0 Å². The van der Waals surface area contributed by atoms with Gasteiger partial charge in [0.15, 0.2) is 0 Å². The summed E-state index contributed by atoms with van der Waals surface area (Å²) in [6.07, 6.45) is 5.15. The molecule has 0 radical (unpaired) electrons. The van der Waals surface area contributed by atoms with E-state index < -0.39 is 28.5 Å². The van der Waals surface area contributed by atoms with Gasteiger partial charge in [0.2, 0.25) is 11.8 Å². The van der Waals surface area contributed by atoms with Crippen LogP contribution in [0.25, 0.3) is 0 Å². The van der Waals surface area contributed by atoms with Gasteiger partial charge in [0, 0.05) is 21.5 Å². The summed E-state index contributed by atoms with van der Waals surface area (Å²) in [4.78, 5) is 29.0. The van der Waals surface area contributed by atoms with Crippen LogP contribution in [0.2, 0.25) is 0 Å². The number of benzene rings is 3. The van der Waals surface area contributed by atoms with Crippen molar-refractivity contribution in [3.05, 3.63) is 92.9 Å². The maximum absolute atomic E-state index is 14.1. The maximum Gasteiger partial charge on any atom is 0.264 e. The van der Waals surface area contributed by atoms with E-state index in [2.05, 4.69) is 37.2 Å². The smallest absolute Gasteiger partial charge is 0.264 e. The van der Waals surface area contributed by atoms with Gasteiger partial charge in [-0.05, 0) is 80.8 Å². The number of aryl methyl sites for hydroxylation is 1. The number of hydrogen-bond acceptors (Lipinski definition) is 4. The first-order valence-corrected chi connectivity index (χ1v) is 16.8. The molecule has 10 heteroatoms. The van der Waals surface area contributed by atoms with E-state index in [9.17, 15) is 18.0 Å². The first-order chi connectivity index (χ1) is 19.5. The largest absolute Gasteiger partial charge is 0.352 e. The molecule has 0 aliphatic heterocycles. The molecule has 2 amide bonds. The molecule has 0 bridgehead atoms. The van der Waals surface area contributed by atoms with Crippen LogP contribution >= 0.6 is 31.9 Å². The highest BCUT2D eigenvalue weighted by atomic mass is 79.9. The average molecular weight is 706 g/mol. The number of sulfonamides is 1. The molecule has 1 saturated carbocycles. The van der Waals surface area contributed by atoms with Gasteiger partial charge in [-0.1, -0.05) is 81.0 Å². The number of carbonyl (C=O) groups is 2. The lowest BCUT2D eigenvalue weighted by atomic mass is 9.95. The van der Waals surface area contributed by atoms with Crippen LogP contribution in [0.4, 0.5) is 5.69 Å². The zero-order chi connectivity index (χ0) is 29.6. The summed E-state index contributed by atoms with van der Waals surface area (Å²) in [5.41, 5.74) is 2.11. The number of halogens is 2. The molecule has 3 aromatic rings. The van der Waals surface area contributed by atoms with Gasteiger partial charge in [-0.15, -0.1) is 0 Å². The highest BCUT2D eigenvalue weighted by Crippen LogP contribution is 2.27. The minimum absolute atomic E-state index is 0.0846. The molecule has 1 atom stereocenters. The molecular formula is C31H35Br2N3O4S. The summed E-state index contributed by atoms with van der Waals surface area (Å²) in [5.74, 6) is -0.711. The van der Waals surface area contributed by atoms with Gasteiger partial charge in [-0.2, -0.15) is 0 Å². The number of anilines is 1. The molecule has 1 N–H and O–H groups in total. The van der Waals surface area contributed by atoms with E-state index in [1.807, 2.05) is 31.2 Å². The van der Waals surface area contributed by atoms with E-state index in [4.69, 9.17) is 0 Å². The molecule has 1 fully saturated rings. The van der Waals surface area contributed by atoms with Gasteiger partial charge in [-0.3, -0.25) is 13.9 Å². The summed E-state index contributed by atoms with van der Waals surface area (Å²) in [6.45, 7) is 3.28. The second-order valence-electron chi connectivity index (χ2n) is 10.5. The predicted octanol–water partition coefficient (Wildman–Crippen LogP) is 6.58. The molecular weight excluding hydrogens is 670 g/mol. The molecule has 41 heavy (non-hydrogen) atoms. The van der Waals surface area contributed by atoms with Crippen LogP contribution in [0.15, 0.2) is 86.6 Å². The Labute approximate surface area is 259 Å². The molecule has 7 nitrogen and oxygen atoms in total. The van der Waals surface area contributed by atoms with Crippen LogP contribution in [-0.2, 0) is 26.2 Å². The fraction of sp³-hybridized carbons (Fsp3) is 0.355. The SMILES string of the molecule is Cc1ccc(S(=O)(=O)N(CC(=O)N(Cc2ccc(Br)cc2)C(C)C(=O)NC2CCCCC2)c2ccc(Br)cc2)cc1. The fourth-order valence-electron chi connectivity index (χ4n) is 4.91. The zero-order valence-corrected chi connectivity index (χ0v) is 27.2. The number of hydrogen-bond donors (Lipinski definition) is 1. The molecule has 4 rings (SSSR count). The standard InChI is InChI=1S/C31H35Br2N3O4S/c1-22-8-18-29(19-9-22)41(39,40)36(28-16-14-26(33)15-17-28)21-30(37)35(20-24-10-12-25(32)13-11-24)23(2)31(38)34-27-6-4-3-5-7-27/h8-19,23,27H,3-7,20-21H2,1-2H3,(H,34,38). The molecule has 1 aliphatic carbocycles. The Balaban J connectivity index is 1.66. The number of nitrogens with one attached hydrogen (secondary N) is 1. The minimum atomic E-state index is -4.10. The average Bonchev–Trinajstić information content (AvgIpc) is 2.96. The first-order valence-electron chi connectivity index (χ1n) is 13.7. The summed E-state index contributed by atoms with van der Waals surface area (Å²) in [6, 6.07) is 20.1. The molecule has 1 aliphatic rings. The number of amides is 2. The summed E-state index contributed by atoms with van der Waals surface area (Å²) < 4.78 is 30.6. The first kappa shape index (κ1) is 31.3. The van der Waals surface area contributed by atoms with Gasteiger partial charge >= 0.3 is 0 Å². The van der Waals surface area contributed by atoms with E-state index in [0.717, 1.165) is 56.5 Å². The summed E-state index contributed by atoms with van der Waals surface area (Å²) >= 11 is 6.84. The van der Waals surface area contributed by atoms with Crippen molar-refractivity contribution in [3.63, 3.8) is 0 Å². The van der Waals surface area contributed by atoms with Crippen LogP contribution in [0.3, 0.4) is 0 Å². The number of carbonyl (C=O) groups excluding carboxylic acids is 2. The Hall–Kier alpha value is -2.69. The van der Waals surface area contributed by atoms with E-state index in [1.165, 1.54) is 4.90 Å². The van der Waals surface area contributed by atoms with E-state index >= 15 is 0 Å². The van der Waals surface area contributed by atoms with Crippen LogP contribution in [0.5, 0.6) is 0 Å². The van der Waals surface area contributed by atoms with Crippen LogP contribution in [0.1, 0.15) is 50.2 Å². The molecule has 0 aromatic heterocycles. The lowest BCUT2D eigenvalue weighted by Gasteiger charge is -2.33.